The lowest BCUT2D eigenvalue weighted by atomic mass is 9.84. The minimum absolute atomic E-state index is 0.216. The molecular weight excluding hydrogens is 166 g/mol. The normalized spacial score (nSPS) is 28.2. The zero-order chi connectivity index (χ0) is 9.57. The highest BCUT2D eigenvalue weighted by Gasteiger charge is 2.32. The summed E-state index contributed by atoms with van der Waals surface area (Å²) in [6.07, 6.45) is 3.23. The van der Waals surface area contributed by atoms with E-state index < -0.39 is 0 Å². The Balaban J connectivity index is 2.16. The summed E-state index contributed by atoms with van der Waals surface area (Å²) in [5.41, 5.74) is 5.96. The van der Waals surface area contributed by atoms with Crippen LogP contribution >= 0.6 is 0 Å². The summed E-state index contributed by atoms with van der Waals surface area (Å²) in [5, 5.41) is 0. The molecule has 1 aliphatic heterocycles. The van der Waals surface area contributed by atoms with Crippen molar-refractivity contribution in [3.63, 3.8) is 0 Å². The van der Waals surface area contributed by atoms with Crippen molar-refractivity contribution in [3.8, 4) is 0 Å². The molecule has 78 valence electrons. The largest absolute Gasteiger partial charge is 0.381 e. The molecule has 0 aromatic carbocycles. The zero-order valence-corrected chi connectivity index (χ0v) is 8.55. The van der Waals surface area contributed by atoms with Gasteiger partial charge in [0.25, 0.3) is 0 Å². The highest BCUT2D eigenvalue weighted by Crippen LogP contribution is 2.30. The van der Waals surface area contributed by atoms with Crippen LogP contribution in [0.3, 0.4) is 0 Å². The average Bonchev–Trinajstić information content (AvgIpc) is 2.62. The Morgan fingerprint density at radius 2 is 2.31 bits per heavy atom. The predicted molar refractivity (Wildman–Crippen MR) is 52.7 cm³/mol. The van der Waals surface area contributed by atoms with Gasteiger partial charge in [0.2, 0.25) is 0 Å². The lowest BCUT2D eigenvalue weighted by molar-refractivity contribution is 0.0845. The van der Waals surface area contributed by atoms with Crippen molar-refractivity contribution in [3.05, 3.63) is 0 Å². The van der Waals surface area contributed by atoms with Crippen LogP contribution in [0.5, 0.6) is 0 Å². The van der Waals surface area contributed by atoms with E-state index in [1.54, 1.807) is 0 Å². The van der Waals surface area contributed by atoms with Crippen LogP contribution in [0.25, 0.3) is 0 Å². The standard InChI is InChI=1S/C10H21NO2/c1-2-5-12-6-3-10(8-11)4-7-13-9-10/h2-9,11H2,1H3. The van der Waals surface area contributed by atoms with Gasteiger partial charge in [-0.1, -0.05) is 6.92 Å². The van der Waals surface area contributed by atoms with Crippen LogP contribution in [0.4, 0.5) is 0 Å². The first-order chi connectivity index (χ1) is 6.33. The average molecular weight is 187 g/mol. The molecule has 0 aromatic rings. The minimum Gasteiger partial charge on any atom is -0.381 e. The molecular formula is C10H21NO2. The van der Waals surface area contributed by atoms with Crippen LogP contribution in [0.15, 0.2) is 0 Å². The molecule has 0 saturated carbocycles. The molecule has 3 heteroatoms. The van der Waals surface area contributed by atoms with Gasteiger partial charge in [0.05, 0.1) is 6.61 Å². The highest BCUT2D eigenvalue weighted by atomic mass is 16.5. The van der Waals surface area contributed by atoms with Gasteiger partial charge >= 0.3 is 0 Å². The first kappa shape index (κ1) is 11.0. The molecule has 1 unspecified atom stereocenters. The molecule has 1 heterocycles. The molecule has 1 rings (SSSR count). The Labute approximate surface area is 80.6 Å². The van der Waals surface area contributed by atoms with Crippen molar-refractivity contribution in [2.24, 2.45) is 11.1 Å². The van der Waals surface area contributed by atoms with E-state index in [2.05, 4.69) is 6.92 Å². The summed E-state index contributed by atoms with van der Waals surface area (Å²) in [6.45, 7) is 6.22. The van der Waals surface area contributed by atoms with Crippen LogP contribution in [-0.4, -0.2) is 33.0 Å². The molecule has 0 aromatic heterocycles. The molecule has 3 nitrogen and oxygen atoms in total. The van der Waals surface area contributed by atoms with Crippen molar-refractivity contribution in [2.45, 2.75) is 26.2 Å². The van der Waals surface area contributed by atoms with E-state index in [-0.39, 0.29) is 5.41 Å². The van der Waals surface area contributed by atoms with Gasteiger partial charge in [0.1, 0.15) is 0 Å². The first-order valence-corrected chi connectivity index (χ1v) is 5.18. The molecule has 1 saturated heterocycles. The highest BCUT2D eigenvalue weighted by molar-refractivity contribution is 4.83. The monoisotopic (exact) mass is 187 g/mol. The molecule has 1 aliphatic rings. The smallest absolute Gasteiger partial charge is 0.0536 e. The third-order valence-corrected chi connectivity index (χ3v) is 2.74. The number of hydrogen-bond donors (Lipinski definition) is 1. The van der Waals surface area contributed by atoms with Gasteiger partial charge in [-0.15, -0.1) is 0 Å². The third kappa shape index (κ3) is 3.25. The summed E-state index contributed by atoms with van der Waals surface area (Å²) >= 11 is 0. The van der Waals surface area contributed by atoms with E-state index in [0.29, 0.717) is 0 Å². The predicted octanol–water partition coefficient (Wildman–Crippen LogP) is 1.17. The summed E-state index contributed by atoms with van der Waals surface area (Å²) in [6, 6.07) is 0. The number of nitrogens with two attached hydrogens (primary N) is 1. The van der Waals surface area contributed by atoms with E-state index in [1.165, 1.54) is 0 Å². The van der Waals surface area contributed by atoms with Gasteiger partial charge in [0, 0.05) is 31.8 Å². The van der Waals surface area contributed by atoms with Crippen molar-refractivity contribution in [2.75, 3.05) is 33.0 Å². The Hall–Kier alpha value is -0.120. The van der Waals surface area contributed by atoms with Crippen LogP contribution < -0.4 is 5.73 Å². The van der Waals surface area contributed by atoms with Gasteiger partial charge < -0.3 is 15.2 Å². The molecule has 0 radical (unpaired) electrons. The van der Waals surface area contributed by atoms with Crippen molar-refractivity contribution >= 4 is 0 Å². The second kappa shape index (κ2) is 5.58. The maximum atomic E-state index is 5.75. The second-order valence-corrected chi connectivity index (χ2v) is 3.87. The van der Waals surface area contributed by atoms with Crippen LogP contribution in [0.1, 0.15) is 26.2 Å². The molecule has 2 N–H and O–H groups in total. The Morgan fingerprint density at radius 1 is 1.46 bits per heavy atom. The lowest BCUT2D eigenvalue weighted by Gasteiger charge is -2.24. The molecule has 0 amide bonds. The minimum atomic E-state index is 0.216. The summed E-state index contributed by atoms with van der Waals surface area (Å²) in [4.78, 5) is 0. The van der Waals surface area contributed by atoms with E-state index in [9.17, 15) is 0 Å². The second-order valence-electron chi connectivity index (χ2n) is 3.87. The first-order valence-electron chi connectivity index (χ1n) is 5.18. The molecule has 13 heavy (non-hydrogen) atoms. The van der Waals surface area contributed by atoms with Gasteiger partial charge in [-0.25, -0.2) is 0 Å². The molecule has 1 atom stereocenters. The Kier molecular flexibility index (Phi) is 4.70. The number of ether oxygens (including phenoxy) is 2. The fraction of sp³-hybridized carbons (Fsp3) is 1.00. The van der Waals surface area contributed by atoms with E-state index in [0.717, 1.165) is 52.2 Å². The summed E-state index contributed by atoms with van der Waals surface area (Å²) in [5.74, 6) is 0. The van der Waals surface area contributed by atoms with Crippen LogP contribution in [-0.2, 0) is 9.47 Å². The van der Waals surface area contributed by atoms with Crippen LogP contribution in [0, 0.1) is 5.41 Å². The Bertz CT molecular complexity index is 133. The van der Waals surface area contributed by atoms with Crippen molar-refractivity contribution in [1.29, 1.82) is 0 Å². The molecule has 1 fully saturated rings. The van der Waals surface area contributed by atoms with E-state index in [4.69, 9.17) is 15.2 Å². The van der Waals surface area contributed by atoms with Crippen molar-refractivity contribution < 1.29 is 9.47 Å². The fourth-order valence-corrected chi connectivity index (χ4v) is 1.64. The van der Waals surface area contributed by atoms with Gasteiger partial charge in [-0.05, 0) is 19.3 Å². The summed E-state index contributed by atoms with van der Waals surface area (Å²) in [7, 11) is 0. The molecule has 0 aliphatic carbocycles. The van der Waals surface area contributed by atoms with E-state index >= 15 is 0 Å². The maximum Gasteiger partial charge on any atom is 0.0536 e. The van der Waals surface area contributed by atoms with Gasteiger partial charge in [-0.3, -0.25) is 0 Å². The van der Waals surface area contributed by atoms with Gasteiger partial charge in [0.15, 0.2) is 0 Å². The fourth-order valence-electron chi connectivity index (χ4n) is 1.64. The molecule has 0 bridgehead atoms. The Morgan fingerprint density at radius 3 is 2.85 bits per heavy atom. The number of hydrogen-bond acceptors (Lipinski definition) is 3. The zero-order valence-electron chi connectivity index (χ0n) is 8.55. The quantitative estimate of drug-likeness (QED) is 0.635. The topological polar surface area (TPSA) is 44.5 Å². The SMILES string of the molecule is CCCOCCC1(CN)CCOC1. The number of rotatable bonds is 6. The third-order valence-electron chi connectivity index (χ3n) is 2.74. The molecule has 0 spiro atoms. The summed E-state index contributed by atoms with van der Waals surface area (Å²) < 4.78 is 10.8. The maximum absolute atomic E-state index is 5.75. The van der Waals surface area contributed by atoms with E-state index in [1.807, 2.05) is 0 Å². The lowest BCUT2D eigenvalue weighted by Crippen LogP contribution is -2.32. The van der Waals surface area contributed by atoms with Gasteiger partial charge in [-0.2, -0.15) is 0 Å². The van der Waals surface area contributed by atoms with Crippen molar-refractivity contribution in [1.82, 2.24) is 0 Å². The van der Waals surface area contributed by atoms with Crippen LogP contribution in [0.2, 0.25) is 0 Å².